The molecular weight excluding hydrogens is 309 g/mol. The Morgan fingerprint density at radius 2 is 2.29 bits per heavy atom. The summed E-state index contributed by atoms with van der Waals surface area (Å²) in [5.41, 5.74) is 2.16. The van der Waals surface area contributed by atoms with Crippen molar-refractivity contribution in [2.45, 2.75) is 19.5 Å². The van der Waals surface area contributed by atoms with Gasteiger partial charge in [-0.3, -0.25) is 4.90 Å². The smallest absolute Gasteiger partial charge is 0.150 e. The summed E-state index contributed by atoms with van der Waals surface area (Å²) < 4.78 is 5.34. The average Bonchev–Trinajstić information content (AvgIpc) is 2.85. The van der Waals surface area contributed by atoms with E-state index in [2.05, 4.69) is 21.4 Å². The minimum atomic E-state index is 0. The first-order valence-corrected chi connectivity index (χ1v) is 7.22. The number of benzene rings is 1. The third-order valence-corrected chi connectivity index (χ3v) is 3.86. The molecule has 1 aromatic heterocycles. The van der Waals surface area contributed by atoms with Gasteiger partial charge in [-0.15, -0.1) is 12.4 Å². The molecule has 2 aromatic rings. The Hall–Kier alpha value is -1.07. The van der Waals surface area contributed by atoms with E-state index in [9.17, 15) is 0 Å². The van der Waals surface area contributed by atoms with Gasteiger partial charge in [0, 0.05) is 36.8 Å². The third kappa shape index (κ3) is 3.98. The number of nitrogens with one attached hydrogen (secondary N) is 1. The molecule has 1 aromatic carbocycles. The normalized spacial score (nSPS) is 19.2. The Morgan fingerprint density at radius 1 is 1.43 bits per heavy atom. The van der Waals surface area contributed by atoms with Gasteiger partial charge in [0.2, 0.25) is 0 Å². The fourth-order valence-corrected chi connectivity index (χ4v) is 2.87. The van der Waals surface area contributed by atoms with Gasteiger partial charge in [0.15, 0.2) is 5.76 Å². The Balaban J connectivity index is 0.00000161. The number of aromatic nitrogens is 1. The maximum Gasteiger partial charge on any atom is 0.150 e. The molecule has 4 nitrogen and oxygen atoms in total. The molecule has 114 valence electrons. The van der Waals surface area contributed by atoms with Crippen molar-refractivity contribution in [3.63, 3.8) is 0 Å². The highest BCUT2D eigenvalue weighted by Crippen LogP contribution is 2.26. The van der Waals surface area contributed by atoms with Gasteiger partial charge in [-0.25, -0.2) is 0 Å². The van der Waals surface area contributed by atoms with E-state index in [0.29, 0.717) is 6.04 Å². The molecule has 1 aliphatic heterocycles. The van der Waals surface area contributed by atoms with Crippen molar-refractivity contribution in [1.82, 2.24) is 15.4 Å². The van der Waals surface area contributed by atoms with E-state index in [1.165, 1.54) is 5.56 Å². The van der Waals surface area contributed by atoms with Crippen LogP contribution in [0.15, 0.2) is 34.9 Å². The molecule has 0 amide bonds. The largest absolute Gasteiger partial charge is 0.360 e. The molecule has 0 radical (unpaired) electrons. The van der Waals surface area contributed by atoms with Crippen molar-refractivity contribution >= 4 is 24.0 Å². The van der Waals surface area contributed by atoms with Crippen molar-refractivity contribution in [2.75, 3.05) is 19.6 Å². The standard InChI is InChI=1S/C15H18ClN3O.ClH/c1-11-7-14(20-18-11)10-19-6-5-17-9-15(19)12-3-2-4-13(16)8-12;/h2-4,7-8,15,17H,5-6,9-10H2,1H3;1H. The highest BCUT2D eigenvalue weighted by molar-refractivity contribution is 6.30. The van der Waals surface area contributed by atoms with Crippen LogP contribution in [-0.2, 0) is 6.54 Å². The lowest BCUT2D eigenvalue weighted by Gasteiger charge is -2.35. The molecule has 0 spiro atoms. The van der Waals surface area contributed by atoms with Gasteiger partial charge in [-0.05, 0) is 24.6 Å². The van der Waals surface area contributed by atoms with Crippen LogP contribution in [0.2, 0.25) is 5.02 Å². The Labute approximate surface area is 135 Å². The van der Waals surface area contributed by atoms with Crippen LogP contribution in [0.3, 0.4) is 0 Å². The van der Waals surface area contributed by atoms with E-state index in [1.807, 2.05) is 31.2 Å². The first-order chi connectivity index (χ1) is 9.72. The lowest BCUT2D eigenvalue weighted by atomic mass is 10.0. The lowest BCUT2D eigenvalue weighted by Crippen LogP contribution is -2.45. The van der Waals surface area contributed by atoms with Crippen LogP contribution in [0.5, 0.6) is 0 Å². The van der Waals surface area contributed by atoms with Crippen molar-refractivity contribution in [3.05, 3.63) is 52.4 Å². The second kappa shape index (κ2) is 7.27. The van der Waals surface area contributed by atoms with E-state index in [1.54, 1.807) is 0 Å². The second-order valence-electron chi connectivity index (χ2n) is 5.18. The SMILES string of the molecule is Cc1cc(CN2CCNCC2c2cccc(Cl)c2)on1.Cl. The summed E-state index contributed by atoms with van der Waals surface area (Å²) in [6, 6.07) is 10.4. The average molecular weight is 328 g/mol. The van der Waals surface area contributed by atoms with Gasteiger partial charge in [-0.1, -0.05) is 28.9 Å². The van der Waals surface area contributed by atoms with E-state index < -0.39 is 0 Å². The predicted octanol–water partition coefficient (Wildman–Crippen LogP) is 3.20. The monoisotopic (exact) mass is 327 g/mol. The summed E-state index contributed by atoms with van der Waals surface area (Å²) in [6.07, 6.45) is 0. The van der Waals surface area contributed by atoms with Crippen LogP contribution in [0.4, 0.5) is 0 Å². The van der Waals surface area contributed by atoms with Crippen molar-refractivity contribution < 1.29 is 4.52 Å². The highest BCUT2D eigenvalue weighted by atomic mass is 35.5. The lowest BCUT2D eigenvalue weighted by molar-refractivity contribution is 0.138. The molecule has 1 unspecified atom stereocenters. The number of rotatable bonds is 3. The van der Waals surface area contributed by atoms with E-state index >= 15 is 0 Å². The fraction of sp³-hybridized carbons (Fsp3) is 0.400. The summed E-state index contributed by atoms with van der Waals surface area (Å²) in [5.74, 6) is 0.913. The maximum atomic E-state index is 6.11. The molecule has 3 rings (SSSR count). The van der Waals surface area contributed by atoms with Crippen LogP contribution < -0.4 is 5.32 Å². The number of halogens is 2. The zero-order chi connectivity index (χ0) is 13.9. The summed E-state index contributed by atoms with van der Waals surface area (Å²) >= 11 is 6.11. The van der Waals surface area contributed by atoms with E-state index in [4.69, 9.17) is 16.1 Å². The van der Waals surface area contributed by atoms with Crippen LogP contribution in [0.25, 0.3) is 0 Å². The summed E-state index contributed by atoms with van der Waals surface area (Å²) in [4.78, 5) is 2.40. The Morgan fingerprint density at radius 3 is 3.00 bits per heavy atom. The van der Waals surface area contributed by atoms with Crippen LogP contribution in [0.1, 0.15) is 23.1 Å². The van der Waals surface area contributed by atoms with Crippen LogP contribution >= 0.6 is 24.0 Å². The van der Waals surface area contributed by atoms with Gasteiger partial charge < -0.3 is 9.84 Å². The summed E-state index contributed by atoms with van der Waals surface area (Å²) in [5, 5.41) is 8.18. The van der Waals surface area contributed by atoms with Gasteiger partial charge in [0.25, 0.3) is 0 Å². The molecule has 0 bridgehead atoms. The number of hydrogen-bond acceptors (Lipinski definition) is 4. The summed E-state index contributed by atoms with van der Waals surface area (Å²) in [7, 11) is 0. The third-order valence-electron chi connectivity index (χ3n) is 3.62. The zero-order valence-corrected chi connectivity index (χ0v) is 13.5. The van der Waals surface area contributed by atoms with E-state index in [-0.39, 0.29) is 12.4 Å². The number of nitrogens with zero attached hydrogens (tertiary/aromatic N) is 2. The molecule has 1 aliphatic rings. The minimum absolute atomic E-state index is 0. The molecule has 6 heteroatoms. The maximum absolute atomic E-state index is 6.11. The first kappa shape index (κ1) is 16.3. The van der Waals surface area contributed by atoms with Crippen molar-refractivity contribution in [3.8, 4) is 0 Å². The van der Waals surface area contributed by atoms with Crippen LogP contribution in [-0.4, -0.2) is 29.7 Å². The first-order valence-electron chi connectivity index (χ1n) is 6.85. The van der Waals surface area contributed by atoms with E-state index in [0.717, 1.165) is 42.7 Å². The molecular formula is C15H19Cl2N3O. The van der Waals surface area contributed by atoms with Gasteiger partial charge in [0.05, 0.1) is 12.2 Å². The Bertz CT molecular complexity index is 588. The molecule has 0 saturated carbocycles. The molecule has 1 saturated heterocycles. The number of aryl methyl sites for hydroxylation is 1. The summed E-state index contributed by atoms with van der Waals surface area (Å²) in [6.45, 7) is 5.62. The Kier molecular flexibility index (Phi) is 5.65. The topological polar surface area (TPSA) is 41.3 Å². The van der Waals surface area contributed by atoms with Gasteiger partial charge in [-0.2, -0.15) is 0 Å². The quantitative estimate of drug-likeness (QED) is 0.939. The van der Waals surface area contributed by atoms with Gasteiger partial charge in [0.1, 0.15) is 0 Å². The molecule has 1 atom stereocenters. The molecule has 21 heavy (non-hydrogen) atoms. The highest BCUT2D eigenvalue weighted by Gasteiger charge is 2.24. The molecule has 0 aliphatic carbocycles. The predicted molar refractivity (Wildman–Crippen MR) is 86.0 cm³/mol. The molecule has 2 heterocycles. The van der Waals surface area contributed by atoms with Crippen molar-refractivity contribution in [1.29, 1.82) is 0 Å². The number of piperazine rings is 1. The minimum Gasteiger partial charge on any atom is -0.360 e. The number of hydrogen-bond donors (Lipinski definition) is 1. The zero-order valence-electron chi connectivity index (χ0n) is 11.9. The fourth-order valence-electron chi connectivity index (χ4n) is 2.67. The van der Waals surface area contributed by atoms with Crippen LogP contribution in [0, 0.1) is 6.92 Å². The molecule has 1 fully saturated rings. The van der Waals surface area contributed by atoms with Crippen molar-refractivity contribution in [2.24, 2.45) is 0 Å². The second-order valence-corrected chi connectivity index (χ2v) is 5.62. The molecule has 1 N–H and O–H groups in total. The van der Waals surface area contributed by atoms with Gasteiger partial charge >= 0.3 is 0 Å².